The third kappa shape index (κ3) is 7.61. The van der Waals surface area contributed by atoms with Crippen LogP contribution < -0.4 is 15.4 Å². The van der Waals surface area contributed by atoms with E-state index in [4.69, 9.17) is 4.98 Å². The molecule has 9 nitrogen and oxygen atoms in total. The molecule has 1 aliphatic heterocycles. The Kier molecular flexibility index (Phi) is 9.12. The van der Waals surface area contributed by atoms with Crippen LogP contribution in [0.3, 0.4) is 0 Å². The fraction of sp³-hybridized carbons (Fsp3) is 0.517. The lowest BCUT2D eigenvalue weighted by molar-refractivity contribution is -0.894. The monoisotopic (exact) mass is 521 g/mol. The predicted molar refractivity (Wildman–Crippen MR) is 149 cm³/mol. The number of Topliss-reactive ketones (excluding diaryl/α,β-unsaturated/α-hetero) is 1. The van der Waals surface area contributed by atoms with Crippen molar-refractivity contribution in [3.63, 3.8) is 0 Å². The summed E-state index contributed by atoms with van der Waals surface area (Å²) in [5, 5.41) is 28.3. The van der Waals surface area contributed by atoms with Crippen molar-refractivity contribution in [2.45, 2.75) is 70.9 Å². The Morgan fingerprint density at radius 2 is 2.03 bits per heavy atom. The van der Waals surface area contributed by atoms with Crippen LogP contribution in [0.4, 0.5) is 11.6 Å². The van der Waals surface area contributed by atoms with Crippen LogP contribution in [-0.2, 0) is 17.6 Å². The number of hydrogen-bond donors (Lipinski definition) is 4. The molecule has 3 heterocycles. The first-order valence-corrected chi connectivity index (χ1v) is 13.6. The van der Waals surface area contributed by atoms with Gasteiger partial charge in [-0.05, 0) is 83.2 Å². The minimum absolute atomic E-state index is 0.0128. The van der Waals surface area contributed by atoms with Gasteiger partial charge in [0.15, 0.2) is 11.3 Å². The van der Waals surface area contributed by atoms with Crippen LogP contribution in [0.1, 0.15) is 57.7 Å². The average Bonchev–Trinajstić information content (AvgIpc) is 2.88. The van der Waals surface area contributed by atoms with Crippen LogP contribution >= 0.6 is 0 Å². The number of hydrogen-bond acceptors (Lipinski definition) is 8. The predicted octanol–water partition coefficient (Wildman–Crippen LogP) is 3.37. The van der Waals surface area contributed by atoms with E-state index in [9.17, 15) is 15.1 Å². The molecular formula is C29H41N6O3+. The second-order valence-corrected chi connectivity index (χ2v) is 10.9. The van der Waals surface area contributed by atoms with Gasteiger partial charge in [0, 0.05) is 31.7 Å². The highest BCUT2D eigenvalue weighted by atomic mass is 16.5. The summed E-state index contributed by atoms with van der Waals surface area (Å²) in [4.78, 5) is 23.8. The van der Waals surface area contributed by atoms with Crippen LogP contribution in [0.2, 0.25) is 0 Å². The smallest absolute Gasteiger partial charge is 0.271 e. The molecule has 0 fully saturated rings. The molecule has 1 atom stereocenters. The van der Waals surface area contributed by atoms with E-state index in [0.29, 0.717) is 25.3 Å². The van der Waals surface area contributed by atoms with Crippen molar-refractivity contribution in [2.24, 2.45) is 0 Å². The van der Waals surface area contributed by atoms with Crippen LogP contribution in [0, 0.1) is 0 Å². The molecule has 1 aliphatic rings. The molecule has 0 saturated heterocycles. The van der Waals surface area contributed by atoms with Crippen LogP contribution in [0.25, 0.3) is 10.9 Å². The van der Waals surface area contributed by atoms with Crippen molar-refractivity contribution in [1.82, 2.24) is 14.9 Å². The molecule has 2 aromatic heterocycles. The third-order valence-electron chi connectivity index (χ3n) is 6.95. The number of aryl methyl sites for hydroxylation is 2. The number of pyridine rings is 1. The van der Waals surface area contributed by atoms with Gasteiger partial charge in [0.2, 0.25) is 0 Å². The number of nitrogens with zero attached hydrogens (tertiary/aromatic N) is 4. The minimum atomic E-state index is -0.847. The number of benzene rings is 1. The highest BCUT2D eigenvalue weighted by molar-refractivity contribution is 5.90. The van der Waals surface area contributed by atoms with Gasteiger partial charge in [0.05, 0.1) is 11.0 Å². The molecule has 3 aromatic rings. The highest BCUT2D eigenvalue weighted by Gasteiger charge is 2.25. The number of unbranched alkanes of at least 4 members (excludes halogenated alkanes) is 1. The van der Waals surface area contributed by atoms with Crippen molar-refractivity contribution < 1.29 is 19.8 Å². The fourth-order valence-corrected chi connectivity index (χ4v) is 5.05. The Balaban J connectivity index is 1.35. The number of carbonyl (C=O) groups is 1. The molecular weight excluding hydrogens is 480 g/mol. The minimum Gasteiger partial charge on any atom is -0.389 e. The summed E-state index contributed by atoms with van der Waals surface area (Å²) in [7, 11) is 0. The first-order chi connectivity index (χ1) is 18.2. The largest absolute Gasteiger partial charge is 0.389 e. The van der Waals surface area contributed by atoms with E-state index in [1.54, 1.807) is 6.92 Å². The number of para-hydroxylation sites is 1. The van der Waals surface area contributed by atoms with Gasteiger partial charge in [-0.2, -0.15) is 0 Å². The SMILES string of the molecule is CC(=O)[C@H](CCN(CCCCc1ccc2c(n1)NCCC2)CC(C)(C)O)Nc1c2ccccc2nc[n+]1O. The van der Waals surface area contributed by atoms with E-state index >= 15 is 0 Å². The number of anilines is 2. The lowest BCUT2D eigenvalue weighted by Gasteiger charge is -2.30. The van der Waals surface area contributed by atoms with Crippen molar-refractivity contribution in [1.29, 1.82) is 0 Å². The van der Waals surface area contributed by atoms with Gasteiger partial charge in [-0.15, -0.1) is 4.98 Å². The molecule has 4 N–H and O–H groups in total. The summed E-state index contributed by atoms with van der Waals surface area (Å²) in [6.07, 6.45) is 6.99. The molecule has 0 saturated carbocycles. The van der Waals surface area contributed by atoms with E-state index in [1.807, 2.05) is 38.1 Å². The second-order valence-electron chi connectivity index (χ2n) is 10.9. The molecule has 0 spiro atoms. The number of rotatable bonds is 13. The number of aromatic nitrogens is 3. The van der Waals surface area contributed by atoms with Crippen molar-refractivity contribution >= 4 is 28.3 Å². The van der Waals surface area contributed by atoms with Crippen molar-refractivity contribution in [3.8, 4) is 0 Å². The van der Waals surface area contributed by atoms with Gasteiger partial charge < -0.3 is 20.5 Å². The molecule has 0 aliphatic carbocycles. The maximum absolute atomic E-state index is 12.6. The summed E-state index contributed by atoms with van der Waals surface area (Å²) in [5.74, 6) is 1.46. The Hall–Kier alpha value is -3.30. The molecule has 0 unspecified atom stereocenters. The zero-order valence-electron chi connectivity index (χ0n) is 22.8. The lowest BCUT2D eigenvalue weighted by atomic mass is 10.0. The zero-order chi connectivity index (χ0) is 27.1. The maximum Gasteiger partial charge on any atom is 0.271 e. The van der Waals surface area contributed by atoms with Crippen molar-refractivity contribution in [2.75, 3.05) is 36.8 Å². The standard InChI is InChI=1S/C29H40N6O3/c1-21(36)25(33-28-24-11-4-5-12-26(24)31-20-35(28)38)15-18-34(19-29(2,3)37)17-7-6-10-23-14-13-22-9-8-16-30-27(22)32-23/h4-5,11-14,20,25,37-38H,6-10,15-19H2,1-3H3,(H,30,32)/p+1/t25-/m0/s1. The van der Waals surface area contributed by atoms with E-state index in [0.717, 1.165) is 72.3 Å². The Morgan fingerprint density at radius 3 is 2.82 bits per heavy atom. The molecule has 204 valence electrons. The van der Waals surface area contributed by atoms with E-state index in [-0.39, 0.29) is 5.78 Å². The summed E-state index contributed by atoms with van der Waals surface area (Å²) >= 11 is 0. The maximum atomic E-state index is 12.6. The van der Waals surface area contributed by atoms with Gasteiger partial charge in [-0.25, -0.2) is 4.98 Å². The van der Waals surface area contributed by atoms with Crippen LogP contribution in [-0.4, -0.2) is 68.8 Å². The van der Waals surface area contributed by atoms with Crippen LogP contribution in [0.15, 0.2) is 42.7 Å². The topological polar surface area (TPSA) is 114 Å². The first-order valence-electron chi connectivity index (χ1n) is 13.6. The number of aliphatic hydroxyl groups is 1. The van der Waals surface area contributed by atoms with Gasteiger partial charge >= 0.3 is 0 Å². The quantitative estimate of drug-likeness (QED) is 0.154. The van der Waals surface area contributed by atoms with E-state index in [1.165, 1.54) is 11.9 Å². The molecule has 4 rings (SSSR count). The normalized spacial score (nSPS) is 14.2. The third-order valence-corrected chi connectivity index (χ3v) is 6.95. The summed E-state index contributed by atoms with van der Waals surface area (Å²) < 4.78 is 0.928. The van der Waals surface area contributed by atoms with E-state index < -0.39 is 11.6 Å². The Morgan fingerprint density at radius 1 is 1.21 bits per heavy atom. The zero-order valence-corrected chi connectivity index (χ0v) is 22.8. The van der Waals surface area contributed by atoms with Gasteiger partial charge in [-0.3, -0.25) is 10.1 Å². The molecule has 38 heavy (non-hydrogen) atoms. The summed E-state index contributed by atoms with van der Waals surface area (Å²) in [5.41, 5.74) is 2.29. The van der Waals surface area contributed by atoms with Crippen LogP contribution in [0.5, 0.6) is 0 Å². The van der Waals surface area contributed by atoms with Crippen molar-refractivity contribution in [3.05, 3.63) is 54.0 Å². The number of nitrogens with one attached hydrogen (secondary N) is 2. The lowest BCUT2D eigenvalue weighted by Crippen LogP contribution is -2.43. The first kappa shape index (κ1) is 27.7. The average molecular weight is 522 g/mol. The summed E-state index contributed by atoms with van der Waals surface area (Å²) in [6.45, 7) is 8.12. The molecule has 0 bridgehead atoms. The fourth-order valence-electron chi connectivity index (χ4n) is 5.05. The number of ketones is 1. The van der Waals surface area contributed by atoms with Gasteiger partial charge in [0.1, 0.15) is 11.9 Å². The second kappa shape index (κ2) is 12.5. The molecule has 1 aromatic carbocycles. The molecule has 0 amide bonds. The Bertz CT molecular complexity index is 1240. The van der Waals surface area contributed by atoms with E-state index in [2.05, 4.69) is 32.7 Å². The summed E-state index contributed by atoms with van der Waals surface area (Å²) in [6, 6.07) is 11.3. The highest BCUT2D eigenvalue weighted by Crippen LogP contribution is 2.21. The van der Waals surface area contributed by atoms with Gasteiger partial charge in [-0.1, -0.05) is 22.9 Å². The van der Waals surface area contributed by atoms with Gasteiger partial charge in [0.25, 0.3) is 12.1 Å². The Labute approximate surface area is 224 Å². The molecule has 0 radical (unpaired) electrons. The number of carbonyl (C=O) groups excluding carboxylic acids is 1. The number of fused-ring (bicyclic) bond motifs is 2. The molecule has 9 heteroatoms.